The standard InChI is InChI=1S/C20H21N5O3S/c1-24-15-7-5-4-6-14(15)21-18(24)16(8-9-29-3)25-10-12-17(22-23-19(12)26)13(11-25)20(27)28-2/h4-7,10-11,16H,8-9H2,1-3H3,(H,23,26)/t16-/m0/s1. The van der Waals surface area contributed by atoms with Crippen LogP contribution in [0.1, 0.15) is 28.6 Å². The molecule has 0 saturated heterocycles. The lowest BCUT2D eigenvalue weighted by molar-refractivity contribution is 0.0600. The Bertz CT molecular complexity index is 1210. The van der Waals surface area contributed by atoms with Crippen LogP contribution in [0.5, 0.6) is 0 Å². The van der Waals surface area contributed by atoms with E-state index in [1.54, 1.807) is 24.2 Å². The van der Waals surface area contributed by atoms with E-state index in [0.717, 1.165) is 29.0 Å². The number of aryl methyl sites for hydroxylation is 1. The number of fused-ring (bicyclic) bond motifs is 2. The Balaban J connectivity index is 1.93. The van der Waals surface area contributed by atoms with Crippen molar-refractivity contribution in [1.82, 2.24) is 24.3 Å². The normalized spacial score (nSPS) is 12.5. The predicted octanol–water partition coefficient (Wildman–Crippen LogP) is 2.69. The van der Waals surface area contributed by atoms with Crippen LogP contribution in [-0.4, -0.2) is 49.4 Å². The summed E-state index contributed by atoms with van der Waals surface area (Å²) < 4.78 is 8.85. The van der Waals surface area contributed by atoms with Crippen LogP contribution in [0, 0.1) is 0 Å². The van der Waals surface area contributed by atoms with Gasteiger partial charge in [-0.3, -0.25) is 4.79 Å². The Hall–Kier alpha value is -3.07. The number of methoxy groups -OCH3 is 1. The summed E-state index contributed by atoms with van der Waals surface area (Å²) in [4.78, 5) is 29.5. The van der Waals surface area contributed by atoms with E-state index in [2.05, 4.69) is 14.8 Å². The Kier molecular flexibility index (Phi) is 5.14. The van der Waals surface area contributed by atoms with Gasteiger partial charge >= 0.3 is 5.97 Å². The van der Waals surface area contributed by atoms with Crippen molar-refractivity contribution in [3.8, 4) is 11.3 Å². The second-order valence-corrected chi connectivity index (χ2v) is 7.73. The third-order valence-electron chi connectivity index (χ3n) is 5.06. The van der Waals surface area contributed by atoms with E-state index in [1.165, 1.54) is 7.11 Å². The minimum absolute atomic E-state index is 0.165. The molecule has 0 spiro atoms. The lowest BCUT2D eigenvalue weighted by Gasteiger charge is -2.22. The largest absolute Gasteiger partial charge is 0.465 e. The molecule has 0 fully saturated rings. The van der Waals surface area contributed by atoms with Gasteiger partial charge in [-0.25, -0.2) is 14.9 Å². The first kappa shape index (κ1) is 19.3. The lowest BCUT2D eigenvalue weighted by Crippen LogP contribution is -2.20. The second-order valence-electron chi connectivity index (χ2n) is 6.74. The molecule has 4 rings (SSSR count). The lowest BCUT2D eigenvalue weighted by atomic mass is 10.1. The fourth-order valence-corrected chi connectivity index (χ4v) is 4.06. The third kappa shape index (κ3) is 3.31. The molecule has 0 saturated carbocycles. The zero-order valence-corrected chi connectivity index (χ0v) is 17.2. The molecule has 8 nitrogen and oxygen atoms in total. The van der Waals surface area contributed by atoms with Gasteiger partial charge in [-0.05, 0) is 30.6 Å². The smallest absolute Gasteiger partial charge is 0.341 e. The second kappa shape index (κ2) is 7.75. The van der Waals surface area contributed by atoms with Crippen molar-refractivity contribution in [2.24, 2.45) is 7.05 Å². The fraction of sp³-hybridized carbons (Fsp3) is 0.300. The zero-order chi connectivity index (χ0) is 20.5. The molecule has 1 N–H and O–H groups in total. The average Bonchev–Trinajstić information content (AvgIpc) is 3.28. The number of H-pyrrole nitrogens is 1. The quantitative estimate of drug-likeness (QED) is 0.490. The highest BCUT2D eigenvalue weighted by Gasteiger charge is 2.26. The van der Waals surface area contributed by atoms with Crippen LogP contribution in [-0.2, 0) is 11.8 Å². The monoisotopic (exact) mass is 411 g/mol. The zero-order valence-electron chi connectivity index (χ0n) is 16.4. The van der Waals surface area contributed by atoms with Gasteiger partial charge in [0.25, 0.3) is 5.56 Å². The minimum atomic E-state index is -0.538. The SMILES string of the molecule is COC(=O)c1cn([C@@H](CCSC)c2nc3ccccc3n2C)cc2c(=O)[nH]nc1-2. The first-order valence-corrected chi connectivity index (χ1v) is 10.5. The minimum Gasteiger partial charge on any atom is -0.465 e. The molecule has 0 bridgehead atoms. The first-order chi connectivity index (χ1) is 14.0. The molecule has 2 aromatic rings. The number of nitrogens with zero attached hydrogens (tertiary/aromatic N) is 4. The molecular weight excluding hydrogens is 390 g/mol. The number of imidazole rings is 1. The van der Waals surface area contributed by atoms with Gasteiger partial charge in [0.2, 0.25) is 0 Å². The number of esters is 1. The van der Waals surface area contributed by atoms with Crippen LogP contribution >= 0.6 is 11.8 Å². The molecule has 1 aromatic carbocycles. The highest BCUT2D eigenvalue weighted by Crippen LogP contribution is 2.29. The number of hydrogen-bond acceptors (Lipinski definition) is 6. The molecule has 0 amide bonds. The molecule has 9 heteroatoms. The number of ether oxygens (including phenoxy) is 1. The molecule has 0 unspecified atom stereocenters. The van der Waals surface area contributed by atoms with Crippen LogP contribution in [0.25, 0.3) is 22.3 Å². The first-order valence-electron chi connectivity index (χ1n) is 9.13. The highest BCUT2D eigenvalue weighted by molar-refractivity contribution is 7.98. The van der Waals surface area contributed by atoms with E-state index in [9.17, 15) is 9.59 Å². The van der Waals surface area contributed by atoms with Gasteiger partial charge in [0.05, 0.1) is 29.7 Å². The van der Waals surface area contributed by atoms with Gasteiger partial charge in [0.1, 0.15) is 17.1 Å². The summed E-state index contributed by atoms with van der Waals surface area (Å²) >= 11 is 1.73. The van der Waals surface area contributed by atoms with Crippen LogP contribution in [0.3, 0.4) is 0 Å². The maximum absolute atomic E-state index is 12.4. The molecule has 1 atom stereocenters. The van der Waals surface area contributed by atoms with Crippen molar-refractivity contribution in [3.05, 3.63) is 58.4 Å². The molecule has 150 valence electrons. The fourth-order valence-electron chi connectivity index (χ4n) is 3.60. The van der Waals surface area contributed by atoms with E-state index in [-0.39, 0.29) is 17.2 Å². The number of benzene rings is 1. The number of rotatable bonds is 6. The number of thioether (sulfide) groups is 1. The maximum atomic E-state index is 12.4. The molecule has 2 aliphatic heterocycles. The van der Waals surface area contributed by atoms with Gasteiger partial charge < -0.3 is 13.9 Å². The van der Waals surface area contributed by atoms with E-state index in [0.29, 0.717) is 11.3 Å². The number of carbonyl (C=O) groups excluding carboxylic acids is 1. The van der Waals surface area contributed by atoms with Crippen molar-refractivity contribution < 1.29 is 9.53 Å². The Labute approximate surface area is 171 Å². The van der Waals surface area contributed by atoms with E-state index >= 15 is 0 Å². The summed E-state index contributed by atoms with van der Waals surface area (Å²) in [6.07, 6.45) is 6.25. The van der Waals surface area contributed by atoms with Crippen LogP contribution in [0.2, 0.25) is 0 Å². The van der Waals surface area contributed by atoms with E-state index in [1.807, 2.05) is 42.1 Å². The number of aromatic amines is 1. The van der Waals surface area contributed by atoms with Gasteiger partial charge in [-0.2, -0.15) is 16.9 Å². The summed E-state index contributed by atoms with van der Waals surface area (Å²) in [7, 11) is 3.29. The van der Waals surface area contributed by atoms with Crippen molar-refractivity contribution in [3.63, 3.8) is 0 Å². The van der Waals surface area contributed by atoms with Crippen molar-refractivity contribution in [2.45, 2.75) is 12.5 Å². The summed E-state index contributed by atoms with van der Waals surface area (Å²) in [5.41, 5.74) is 2.50. The molecule has 1 aromatic heterocycles. The Morgan fingerprint density at radius 3 is 2.83 bits per heavy atom. The Morgan fingerprint density at radius 1 is 1.31 bits per heavy atom. The maximum Gasteiger partial charge on any atom is 0.341 e. The van der Waals surface area contributed by atoms with Crippen molar-refractivity contribution in [2.75, 3.05) is 19.1 Å². The number of nitrogens with one attached hydrogen (secondary N) is 1. The summed E-state index contributed by atoms with van der Waals surface area (Å²) in [5, 5.41) is 6.42. The van der Waals surface area contributed by atoms with Gasteiger partial charge in [-0.1, -0.05) is 12.1 Å². The number of hydrogen-bond donors (Lipinski definition) is 1. The molecule has 0 radical (unpaired) electrons. The van der Waals surface area contributed by atoms with E-state index in [4.69, 9.17) is 9.72 Å². The highest BCUT2D eigenvalue weighted by atomic mass is 32.2. The summed E-state index contributed by atoms with van der Waals surface area (Å²) in [5.74, 6) is 1.21. The van der Waals surface area contributed by atoms with Crippen LogP contribution < -0.4 is 5.56 Å². The number of para-hydroxylation sites is 2. The average molecular weight is 411 g/mol. The van der Waals surface area contributed by atoms with E-state index < -0.39 is 5.97 Å². The molecule has 0 aliphatic carbocycles. The van der Waals surface area contributed by atoms with Gasteiger partial charge in [0, 0.05) is 19.4 Å². The van der Waals surface area contributed by atoms with Crippen LogP contribution in [0.15, 0.2) is 41.5 Å². The molecule has 29 heavy (non-hydrogen) atoms. The Morgan fingerprint density at radius 2 is 2.10 bits per heavy atom. The molecule has 2 aliphatic rings. The topological polar surface area (TPSA) is 94.8 Å². The summed E-state index contributed by atoms with van der Waals surface area (Å²) in [6, 6.07) is 7.77. The predicted molar refractivity (Wildman–Crippen MR) is 113 cm³/mol. The van der Waals surface area contributed by atoms with Crippen molar-refractivity contribution in [1.29, 1.82) is 0 Å². The number of carbonyl (C=O) groups is 1. The summed E-state index contributed by atoms with van der Waals surface area (Å²) in [6.45, 7) is 0. The molecular formula is C20H21N5O3S. The molecule has 3 heterocycles. The van der Waals surface area contributed by atoms with Gasteiger partial charge in [-0.15, -0.1) is 0 Å². The van der Waals surface area contributed by atoms with Crippen LogP contribution in [0.4, 0.5) is 0 Å². The van der Waals surface area contributed by atoms with Crippen molar-refractivity contribution >= 4 is 28.8 Å². The number of aromatic nitrogens is 5. The number of pyridine rings is 1. The van der Waals surface area contributed by atoms with Gasteiger partial charge in [0.15, 0.2) is 0 Å². The third-order valence-corrected chi connectivity index (χ3v) is 5.70.